The average Bonchev–Trinajstić information content (AvgIpc) is 3.01. The third kappa shape index (κ3) is 4.11. The number of pyridine rings is 1. The van der Waals surface area contributed by atoms with Crippen molar-refractivity contribution in [3.8, 4) is 0 Å². The minimum Gasteiger partial charge on any atom is -0.391 e. The van der Waals surface area contributed by atoms with Crippen LogP contribution in [0.15, 0.2) is 36.4 Å². The number of alkyl halides is 3. The van der Waals surface area contributed by atoms with Crippen LogP contribution in [-0.2, 0) is 11.0 Å². The number of amides is 1. The summed E-state index contributed by atoms with van der Waals surface area (Å²) >= 11 is 0. The lowest BCUT2D eigenvalue weighted by molar-refractivity contribution is -0.137. The van der Waals surface area contributed by atoms with Crippen LogP contribution in [0.25, 0.3) is 0 Å². The van der Waals surface area contributed by atoms with Gasteiger partial charge in [0.1, 0.15) is 11.9 Å². The van der Waals surface area contributed by atoms with Crippen molar-refractivity contribution < 1.29 is 23.1 Å². The second-order valence-electron chi connectivity index (χ2n) is 7.15. The summed E-state index contributed by atoms with van der Waals surface area (Å²) in [6.45, 7) is 3.43. The quantitative estimate of drug-likeness (QED) is 0.869. The SMILES string of the molecule is Cc1cccc(N(C)C(=O)[C@@H]2C[C@H](O)CN2c2cc(C(F)(F)F)cc(C)n2)c1. The number of aromatic nitrogens is 1. The van der Waals surface area contributed by atoms with Crippen LogP contribution in [0.4, 0.5) is 24.7 Å². The number of halogens is 3. The van der Waals surface area contributed by atoms with E-state index in [0.717, 1.165) is 17.7 Å². The van der Waals surface area contributed by atoms with Gasteiger partial charge in [-0.3, -0.25) is 4.79 Å². The van der Waals surface area contributed by atoms with Crippen molar-refractivity contribution in [2.75, 3.05) is 23.4 Å². The van der Waals surface area contributed by atoms with E-state index in [1.807, 2.05) is 25.1 Å². The van der Waals surface area contributed by atoms with Crippen LogP contribution in [0.1, 0.15) is 23.2 Å². The first-order valence-electron chi connectivity index (χ1n) is 8.91. The van der Waals surface area contributed by atoms with E-state index in [-0.39, 0.29) is 30.4 Å². The molecule has 5 nitrogen and oxygen atoms in total. The van der Waals surface area contributed by atoms with Gasteiger partial charge in [0.25, 0.3) is 0 Å². The van der Waals surface area contributed by atoms with Gasteiger partial charge in [0.2, 0.25) is 5.91 Å². The Bertz CT molecular complexity index is 885. The fraction of sp³-hybridized carbons (Fsp3) is 0.400. The first-order chi connectivity index (χ1) is 13.1. The maximum Gasteiger partial charge on any atom is 0.416 e. The van der Waals surface area contributed by atoms with Crippen molar-refractivity contribution in [1.29, 1.82) is 0 Å². The monoisotopic (exact) mass is 393 g/mol. The molecule has 0 aliphatic carbocycles. The summed E-state index contributed by atoms with van der Waals surface area (Å²) in [4.78, 5) is 20.2. The first kappa shape index (κ1) is 20.1. The summed E-state index contributed by atoms with van der Waals surface area (Å²) in [7, 11) is 1.62. The lowest BCUT2D eigenvalue weighted by Gasteiger charge is -2.29. The van der Waals surface area contributed by atoms with E-state index in [1.165, 1.54) is 16.7 Å². The third-order valence-electron chi connectivity index (χ3n) is 4.85. The molecular weight excluding hydrogens is 371 g/mol. The highest BCUT2D eigenvalue weighted by molar-refractivity contribution is 5.99. The van der Waals surface area contributed by atoms with Crippen molar-refractivity contribution in [3.63, 3.8) is 0 Å². The van der Waals surface area contributed by atoms with E-state index < -0.39 is 23.9 Å². The van der Waals surface area contributed by atoms with Crippen molar-refractivity contribution in [1.82, 2.24) is 4.98 Å². The summed E-state index contributed by atoms with van der Waals surface area (Å²) in [6, 6.07) is 8.46. The van der Waals surface area contributed by atoms with E-state index in [1.54, 1.807) is 13.1 Å². The van der Waals surface area contributed by atoms with Crippen molar-refractivity contribution in [3.05, 3.63) is 53.2 Å². The number of aliphatic hydroxyl groups is 1. The Kier molecular flexibility index (Phi) is 5.34. The minimum absolute atomic E-state index is 0.0415. The first-order valence-corrected chi connectivity index (χ1v) is 8.91. The number of rotatable bonds is 3. The molecule has 1 aromatic heterocycles. The van der Waals surface area contributed by atoms with Crippen molar-refractivity contribution >= 4 is 17.4 Å². The van der Waals surface area contributed by atoms with Crippen LogP contribution >= 0.6 is 0 Å². The van der Waals surface area contributed by atoms with Crippen molar-refractivity contribution in [2.45, 2.75) is 38.6 Å². The summed E-state index contributed by atoms with van der Waals surface area (Å²) in [5.41, 5.74) is 1.04. The molecule has 3 rings (SSSR count). The zero-order valence-corrected chi connectivity index (χ0v) is 15.9. The molecule has 0 spiro atoms. The molecule has 1 N–H and O–H groups in total. The maximum absolute atomic E-state index is 13.2. The molecule has 2 atom stereocenters. The normalized spacial score (nSPS) is 19.8. The number of aliphatic hydroxyl groups excluding tert-OH is 1. The summed E-state index contributed by atoms with van der Waals surface area (Å²) in [6.07, 6.45) is -5.21. The largest absolute Gasteiger partial charge is 0.416 e. The molecule has 8 heteroatoms. The van der Waals surface area contributed by atoms with E-state index >= 15 is 0 Å². The number of carbonyl (C=O) groups is 1. The van der Waals surface area contributed by atoms with Gasteiger partial charge in [-0.2, -0.15) is 13.2 Å². The van der Waals surface area contributed by atoms with Gasteiger partial charge in [-0.05, 0) is 43.7 Å². The number of β-amino-alcohol motifs (C(OH)–C–C–N with tert-alkyl or cyclic N) is 1. The number of hydrogen-bond donors (Lipinski definition) is 1. The topological polar surface area (TPSA) is 56.7 Å². The lowest BCUT2D eigenvalue weighted by atomic mass is 10.1. The highest BCUT2D eigenvalue weighted by Gasteiger charge is 2.40. The molecule has 0 unspecified atom stereocenters. The molecule has 1 aliphatic rings. The van der Waals surface area contributed by atoms with Gasteiger partial charge in [0, 0.05) is 31.4 Å². The van der Waals surface area contributed by atoms with E-state index in [4.69, 9.17) is 0 Å². The molecule has 0 radical (unpaired) electrons. The summed E-state index contributed by atoms with van der Waals surface area (Å²) < 4.78 is 39.6. The van der Waals surface area contributed by atoms with E-state index in [0.29, 0.717) is 5.69 Å². The van der Waals surface area contributed by atoms with Crippen LogP contribution in [0, 0.1) is 13.8 Å². The molecule has 1 aromatic carbocycles. The molecule has 28 heavy (non-hydrogen) atoms. The number of likely N-dealkylation sites (N-methyl/N-ethyl adjacent to an activating group) is 1. The third-order valence-corrected chi connectivity index (χ3v) is 4.85. The van der Waals surface area contributed by atoms with Crippen LogP contribution in [0.5, 0.6) is 0 Å². The van der Waals surface area contributed by atoms with Gasteiger partial charge in [-0.1, -0.05) is 12.1 Å². The number of carbonyl (C=O) groups excluding carboxylic acids is 1. The molecule has 1 aliphatic heterocycles. The van der Waals surface area contributed by atoms with Crippen LogP contribution in [0.2, 0.25) is 0 Å². The van der Waals surface area contributed by atoms with Crippen LogP contribution in [-0.4, -0.2) is 41.7 Å². The summed E-state index contributed by atoms with van der Waals surface area (Å²) in [5, 5.41) is 10.1. The number of benzene rings is 1. The fourth-order valence-corrected chi connectivity index (χ4v) is 3.45. The predicted molar refractivity (Wildman–Crippen MR) is 100 cm³/mol. The Morgan fingerprint density at radius 3 is 2.61 bits per heavy atom. The number of aryl methyl sites for hydroxylation is 2. The molecule has 150 valence electrons. The smallest absolute Gasteiger partial charge is 0.391 e. The maximum atomic E-state index is 13.2. The predicted octanol–water partition coefficient (Wildman–Crippen LogP) is 3.32. The number of hydrogen-bond acceptors (Lipinski definition) is 4. The highest BCUT2D eigenvalue weighted by Crippen LogP contribution is 2.34. The Morgan fingerprint density at radius 1 is 1.25 bits per heavy atom. The van der Waals surface area contributed by atoms with E-state index in [9.17, 15) is 23.1 Å². The van der Waals surface area contributed by atoms with Gasteiger partial charge in [0.15, 0.2) is 0 Å². The highest BCUT2D eigenvalue weighted by atomic mass is 19.4. The molecule has 1 amide bonds. The van der Waals surface area contributed by atoms with E-state index in [2.05, 4.69) is 4.98 Å². The second-order valence-corrected chi connectivity index (χ2v) is 7.15. The molecule has 1 fully saturated rings. The Morgan fingerprint density at radius 2 is 1.96 bits per heavy atom. The average molecular weight is 393 g/mol. The van der Waals surface area contributed by atoms with Gasteiger partial charge >= 0.3 is 6.18 Å². The molecule has 0 bridgehead atoms. The molecular formula is C20H22F3N3O2. The number of anilines is 2. The minimum atomic E-state index is -4.52. The molecule has 1 saturated heterocycles. The van der Waals surface area contributed by atoms with Gasteiger partial charge < -0.3 is 14.9 Å². The van der Waals surface area contributed by atoms with Crippen LogP contribution in [0.3, 0.4) is 0 Å². The van der Waals surface area contributed by atoms with Gasteiger partial charge in [-0.15, -0.1) is 0 Å². The number of nitrogens with zero attached hydrogens (tertiary/aromatic N) is 3. The Hall–Kier alpha value is -2.61. The van der Waals surface area contributed by atoms with Crippen LogP contribution < -0.4 is 9.80 Å². The Balaban J connectivity index is 1.93. The zero-order chi connectivity index (χ0) is 20.6. The fourth-order valence-electron chi connectivity index (χ4n) is 3.45. The summed E-state index contributed by atoms with van der Waals surface area (Å²) in [5.74, 6) is -0.265. The molecule has 2 aromatic rings. The second kappa shape index (κ2) is 7.43. The van der Waals surface area contributed by atoms with Crippen molar-refractivity contribution in [2.24, 2.45) is 0 Å². The zero-order valence-electron chi connectivity index (χ0n) is 15.9. The molecule has 2 heterocycles. The standard InChI is InChI=1S/C20H22F3N3O2/c1-12-5-4-6-15(7-12)25(3)19(28)17-10-16(27)11-26(17)18-9-14(20(21,22)23)8-13(2)24-18/h4-9,16-17,27H,10-11H2,1-3H3/t16-,17-/m0/s1. The molecule has 0 saturated carbocycles. The lowest BCUT2D eigenvalue weighted by Crippen LogP contribution is -2.44. The van der Waals surface area contributed by atoms with Gasteiger partial charge in [-0.25, -0.2) is 4.98 Å². The van der Waals surface area contributed by atoms with Gasteiger partial charge in [0.05, 0.1) is 11.7 Å². The Labute approximate surface area is 161 Å².